The molecule has 64 heavy (non-hydrogen) atoms. The van der Waals surface area contributed by atoms with Gasteiger partial charge in [0.1, 0.15) is 0 Å². The summed E-state index contributed by atoms with van der Waals surface area (Å²) >= 11 is 0. The number of ketones is 3. The van der Waals surface area contributed by atoms with Gasteiger partial charge in [0.25, 0.3) is 5.91 Å². The highest BCUT2D eigenvalue weighted by Crippen LogP contribution is 2.34. The van der Waals surface area contributed by atoms with Crippen LogP contribution in [-0.4, -0.2) is 115 Å². The Hall–Kier alpha value is -7.44. The number of carbonyl (C=O) groups is 4. The van der Waals surface area contributed by atoms with E-state index in [4.69, 9.17) is 10.5 Å². The number of nitrogens with zero attached hydrogens (tertiary/aromatic N) is 1. The number of hydroxylamine groups is 2. The molecule has 0 aliphatic heterocycles. The van der Waals surface area contributed by atoms with Crippen molar-refractivity contribution in [2.24, 2.45) is 11.7 Å². The van der Waals surface area contributed by atoms with E-state index in [1.807, 2.05) is 0 Å². The van der Waals surface area contributed by atoms with Crippen molar-refractivity contribution in [1.29, 1.82) is 0 Å². The van der Waals surface area contributed by atoms with Crippen LogP contribution >= 0.6 is 0 Å². The first-order valence-corrected chi connectivity index (χ1v) is 20.0. The van der Waals surface area contributed by atoms with Gasteiger partial charge in [-0.05, 0) is 141 Å². The second kappa shape index (κ2) is 23.7. The number of hydrogen-bond acceptors (Lipinski definition) is 16. The molecule has 17 heteroatoms. The summed E-state index contributed by atoms with van der Waals surface area (Å²) in [5, 5.41) is 88.6. The average molecular weight is 881 g/mol. The Labute approximate surface area is 369 Å². The zero-order valence-electron chi connectivity index (χ0n) is 34.9. The van der Waals surface area contributed by atoms with E-state index < -0.39 is 75.8 Å². The Kier molecular flexibility index (Phi) is 18.2. The number of amides is 1. The standard InChI is InChI=1S/C47H52N4O13/c1-64-43-28-33(9-17-39(43)56)12-20-46(62)51(63)47(44(60)18-10-31-7-15-37(54)41(58)26-31,45(61)19-11-32-8-16-38(55)42(59)27-32)34(29-50-23-3-2-22-49-24-4-21-48)35(52)13-5-30-6-14-36(53)40(57)25-30/h5-20,25-28,34,49-50,53-59,63H,2-4,21-24,29,48H2,1H3/b13-5+,18-10+,19-11+,20-12+. The minimum Gasteiger partial charge on any atom is -0.504 e. The summed E-state index contributed by atoms with van der Waals surface area (Å²) in [7, 11) is 1.30. The molecule has 17 nitrogen and oxygen atoms in total. The topological polar surface area (TPSA) is 293 Å². The van der Waals surface area contributed by atoms with E-state index in [-0.39, 0.29) is 45.4 Å². The van der Waals surface area contributed by atoms with Gasteiger partial charge in [-0.15, -0.1) is 0 Å². The molecule has 0 bridgehead atoms. The van der Waals surface area contributed by atoms with E-state index in [1.165, 1.54) is 61.7 Å². The lowest BCUT2D eigenvalue weighted by Crippen LogP contribution is -2.67. The van der Waals surface area contributed by atoms with Crippen LogP contribution in [0.3, 0.4) is 0 Å². The van der Waals surface area contributed by atoms with Gasteiger partial charge < -0.3 is 56.8 Å². The Morgan fingerprint density at radius 3 is 1.48 bits per heavy atom. The number of nitrogens with two attached hydrogens (primary N) is 1. The molecule has 1 unspecified atom stereocenters. The lowest BCUT2D eigenvalue weighted by Gasteiger charge is -2.40. The fraction of sp³-hybridized carbons (Fsp3) is 0.234. The van der Waals surface area contributed by atoms with E-state index in [0.717, 1.165) is 73.2 Å². The monoisotopic (exact) mass is 880 g/mol. The van der Waals surface area contributed by atoms with Crippen LogP contribution in [0.5, 0.6) is 46.0 Å². The number of nitrogens with one attached hydrogen (secondary N) is 2. The number of hydrogen-bond donors (Lipinski definition) is 11. The number of phenols is 7. The zero-order chi connectivity index (χ0) is 46.8. The number of phenolic OH excluding ortho intramolecular Hbond substituents is 7. The van der Waals surface area contributed by atoms with Crippen molar-refractivity contribution in [3.8, 4) is 46.0 Å². The van der Waals surface area contributed by atoms with Crippen molar-refractivity contribution < 1.29 is 64.9 Å². The maximum atomic E-state index is 15.0. The van der Waals surface area contributed by atoms with E-state index in [0.29, 0.717) is 32.5 Å². The molecule has 0 saturated carbocycles. The predicted molar refractivity (Wildman–Crippen MR) is 239 cm³/mol. The Bertz CT molecular complexity index is 2340. The van der Waals surface area contributed by atoms with Crippen molar-refractivity contribution in [3.63, 3.8) is 0 Å². The molecule has 4 rings (SSSR count). The van der Waals surface area contributed by atoms with Gasteiger partial charge in [0.2, 0.25) is 5.54 Å². The largest absolute Gasteiger partial charge is 0.504 e. The molecule has 1 amide bonds. The van der Waals surface area contributed by atoms with Crippen molar-refractivity contribution in [2.75, 3.05) is 39.8 Å². The summed E-state index contributed by atoms with van der Waals surface area (Å²) in [6.07, 6.45) is 10.1. The van der Waals surface area contributed by atoms with E-state index in [1.54, 1.807) is 0 Å². The summed E-state index contributed by atoms with van der Waals surface area (Å²) in [5.41, 5.74) is 3.19. The Morgan fingerprint density at radius 1 is 0.594 bits per heavy atom. The van der Waals surface area contributed by atoms with Crippen LogP contribution in [0, 0.1) is 5.92 Å². The molecule has 12 N–H and O–H groups in total. The van der Waals surface area contributed by atoms with Gasteiger partial charge in [-0.25, -0.2) is 0 Å². The summed E-state index contributed by atoms with van der Waals surface area (Å²) in [6.45, 7) is 1.62. The number of aromatic hydroxyl groups is 7. The van der Waals surface area contributed by atoms with Crippen LogP contribution in [0.2, 0.25) is 0 Å². The maximum Gasteiger partial charge on any atom is 0.271 e. The maximum absolute atomic E-state index is 15.0. The van der Waals surface area contributed by atoms with Crippen LogP contribution in [0.15, 0.2) is 97.1 Å². The number of allylic oxidation sites excluding steroid dienone is 1. The lowest BCUT2D eigenvalue weighted by atomic mass is 9.73. The third-order valence-electron chi connectivity index (χ3n) is 9.92. The van der Waals surface area contributed by atoms with Crippen molar-refractivity contribution in [3.05, 3.63) is 119 Å². The van der Waals surface area contributed by atoms with Gasteiger partial charge in [-0.3, -0.25) is 24.4 Å². The first-order chi connectivity index (χ1) is 30.6. The summed E-state index contributed by atoms with van der Waals surface area (Å²) < 4.78 is 5.14. The second-order valence-electron chi connectivity index (χ2n) is 14.4. The molecule has 0 heterocycles. The van der Waals surface area contributed by atoms with Crippen LogP contribution in [-0.2, 0) is 19.2 Å². The molecule has 0 aliphatic carbocycles. The quantitative estimate of drug-likeness (QED) is 0.0116. The number of benzene rings is 4. The molecule has 0 radical (unpaired) electrons. The fourth-order valence-corrected chi connectivity index (χ4v) is 6.41. The molecule has 338 valence electrons. The average Bonchev–Trinajstić information content (AvgIpc) is 3.28. The van der Waals surface area contributed by atoms with Crippen LogP contribution in [0.4, 0.5) is 0 Å². The molecule has 0 fully saturated rings. The molecular weight excluding hydrogens is 829 g/mol. The first kappa shape index (κ1) is 49.2. The van der Waals surface area contributed by atoms with Crippen molar-refractivity contribution in [2.45, 2.75) is 24.8 Å². The normalized spacial score (nSPS) is 12.4. The smallest absolute Gasteiger partial charge is 0.271 e. The van der Waals surface area contributed by atoms with Crippen LogP contribution in [0.25, 0.3) is 24.3 Å². The fourth-order valence-electron chi connectivity index (χ4n) is 6.41. The zero-order valence-corrected chi connectivity index (χ0v) is 34.9. The lowest BCUT2D eigenvalue weighted by molar-refractivity contribution is -0.199. The Balaban J connectivity index is 1.94. The van der Waals surface area contributed by atoms with E-state index in [2.05, 4.69) is 10.6 Å². The summed E-state index contributed by atoms with van der Waals surface area (Å²) in [4.78, 5) is 58.9. The highest BCUT2D eigenvalue weighted by molar-refractivity contribution is 6.26. The van der Waals surface area contributed by atoms with Gasteiger partial charge in [-0.2, -0.15) is 5.06 Å². The molecule has 0 aromatic heterocycles. The summed E-state index contributed by atoms with van der Waals surface area (Å²) in [5.74, 6) is -9.99. The third kappa shape index (κ3) is 13.0. The van der Waals surface area contributed by atoms with Crippen molar-refractivity contribution >= 4 is 47.6 Å². The molecule has 4 aromatic rings. The first-order valence-electron chi connectivity index (χ1n) is 20.0. The van der Waals surface area contributed by atoms with E-state index >= 15 is 9.59 Å². The number of carbonyl (C=O) groups excluding carboxylic acids is 4. The third-order valence-corrected chi connectivity index (χ3v) is 9.92. The highest BCUT2D eigenvalue weighted by atomic mass is 16.5. The molecule has 0 aliphatic rings. The second-order valence-corrected chi connectivity index (χ2v) is 14.4. The molecule has 4 aromatic carbocycles. The van der Waals surface area contributed by atoms with Gasteiger partial charge in [0, 0.05) is 12.6 Å². The molecule has 1 atom stereocenters. The van der Waals surface area contributed by atoms with Gasteiger partial charge in [0.15, 0.2) is 63.3 Å². The molecule has 0 saturated heterocycles. The van der Waals surface area contributed by atoms with Gasteiger partial charge in [-0.1, -0.05) is 42.5 Å². The summed E-state index contributed by atoms with van der Waals surface area (Å²) in [6, 6.07) is 14.9. The highest BCUT2D eigenvalue weighted by Gasteiger charge is 2.58. The van der Waals surface area contributed by atoms with Crippen LogP contribution < -0.4 is 21.1 Å². The van der Waals surface area contributed by atoms with Crippen LogP contribution in [0.1, 0.15) is 41.5 Å². The SMILES string of the molecule is COc1cc(/C=C/C(=O)N(O)C(C(=O)/C=C/c2ccc(O)c(O)c2)(C(=O)/C=C/c2ccc(O)c(O)c2)C(CNCCCCNCCCN)C(=O)/C=C/c2ccc(O)c(O)c2)ccc1O. The van der Waals surface area contributed by atoms with E-state index in [9.17, 15) is 50.5 Å². The number of methoxy groups -OCH3 is 1. The van der Waals surface area contributed by atoms with Crippen molar-refractivity contribution in [1.82, 2.24) is 15.7 Å². The van der Waals surface area contributed by atoms with Gasteiger partial charge >= 0.3 is 0 Å². The minimum atomic E-state index is -3.13. The molecular formula is C47H52N4O13. The number of unbranched alkanes of at least 4 members (excludes halogenated alkanes) is 1. The molecule has 0 spiro atoms. The van der Waals surface area contributed by atoms with Gasteiger partial charge in [0.05, 0.1) is 13.0 Å². The Morgan fingerprint density at radius 2 is 1.02 bits per heavy atom. The minimum absolute atomic E-state index is 0.0442. The number of ether oxygens (including phenoxy) is 1. The predicted octanol–water partition coefficient (Wildman–Crippen LogP) is 4.38. The number of rotatable bonds is 24.